The minimum atomic E-state index is -0.263. The molecule has 1 aliphatic heterocycles. The Kier molecular flexibility index (Phi) is 3.59. The Morgan fingerprint density at radius 3 is 3.07 bits per heavy atom. The zero-order valence-corrected chi connectivity index (χ0v) is 9.89. The predicted octanol–water partition coefficient (Wildman–Crippen LogP) is 2.72. The summed E-state index contributed by atoms with van der Waals surface area (Å²) >= 11 is 3.13. The zero-order chi connectivity index (χ0) is 10.7. The van der Waals surface area contributed by atoms with Gasteiger partial charge in [-0.1, -0.05) is 0 Å². The van der Waals surface area contributed by atoms with Gasteiger partial charge in [-0.05, 0) is 53.5 Å². The van der Waals surface area contributed by atoms with Crippen molar-refractivity contribution in [3.05, 3.63) is 28.5 Å². The van der Waals surface area contributed by atoms with Crippen LogP contribution in [0.2, 0.25) is 0 Å². The van der Waals surface area contributed by atoms with E-state index in [1.165, 1.54) is 12.5 Å². The van der Waals surface area contributed by atoms with Gasteiger partial charge in [-0.25, -0.2) is 4.39 Å². The van der Waals surface area contributed by atoms with Crippen molar-refractivity contribution in [2.45, 2.75) is 18.9 Å². The molecule has 0 amide bonds. The lowest BCUT2D eigenvalue weighted by atomic mass is 10.2. The van der Waals surface area contributed by atoms with Crippen LogP contribution < -0.4 is 10.1 Å². The van der Waals surface area contributed by atoms with Gasteiger partial charge >= 0.3 is 0 Å². The average molecular weight is 274 g/mol. The lowest BCUT2D eigenvalue weighted by Crippen LogP contribution is -2.28. The zero-order valence-electron chi connectivity index (χ0n) is 8.30. The molecule has 1 aromatic carbocycles. The quantitative estimate of drug-likeness (QED) is 0.915. The summed E-state index contributed by atoms with van der Waals surface area (Å²) in [6.45, 7) is 1.72. The van der Waals surface area contributed by atoms with E-state index in [0.717, 1.165) is 13.0 Å². The van der Waals surface area contributed by atoms with Gasteiger partial charge in [0.05, 0.1) is 4.47 Å². The third-order valence-electron chi connectivity index (χ3n) is 2.50. The maximum atomic E-state index is 12.9. The summed E-state index contributed by atoms with van der Waals surface area (Å²) < 4.78 is 18.9. The Morgan fingerprint density at radius 2 is 2.40 bits per heavy atom. The molecule has 1 aromatic rings. The number of hydrogen-bond acceptors (Lipinski definition) is 2. The van der Waals surface area contributed by atoms with Gasteiger partial charge in [-0.2, -0.15) is 0 Å². The second-order valence-corrected chi connectivity index (χ2v) is 4.53. The Labute approximate surface area is 96.9 Å². The number of hydrogen-bond donors (Lipinski definition) is 1. The van der Waals surface area contributed by atoms with Crippen LogP contribution in [0.3, 0.4) is 0 Å². The van der Waals surface area contributed by atoms with Crippen molar-refractivity contribution in [3.63, 3.8) is 0 Å². The molecule has 1 fully saturated rings. The summed E-state index contributed by atoms with van der Waals surface area (Å²) in [5.41, 5.74) is 0. The lowest BCUT2D eigenvalue weighted by Gasteiger charge is -2.12. The summed E-state index contributed by atoms with van der Waals surface area (Å²) in [5.74, 6) is 0.443. The molecule has 1 N–H and O–H groups in total. The van der Waals surface area contributed by atoms with Gasteiger partial charge in [0.25, 0.3) is 0 Å². The molecule has 2 nitrogen and oxygen atoms in total. The molecule has 1 heterocycles. The van der Waals surface area contributed by atoms with Crippen LogP contribution in [0.1, 0.15) is 12.8 Å². The van der Waals surface area contributed by atoms with E-state index in [-0.39, 0.29) is 5.82 Å². The molecule has 0 aromatic heterocycles. The highest BCUT2D eigenvalue weighted by molar-refractivity contribution is 9.10. The van der Waals surface area contributed by atoms with Crippen LogP contribution in [0.25, 0.3) is 0 Å². The third-order valence-corrected chi connectivity index (χ3v) is 3.11. The smallest absolute Gasteiger partial charge is 0.137 e. The van der Waals surface area contributed by atoms with Crippen molar-refractivity contribution in [3.8, 4) is 5.75 Å². The molecular formula is C11H13BrFNO. The molecular weight excluding hydrogens is 261 g/mol. The first kappa shape index (κ1) is 10.9. The van der Waals surface area contributed by atoms with Crippen LogP contribution in [0.15, 0.2) is 22.7 Å². The molecule has 0 spiro atoms. The van der Waals surface area contributed by atoms with Gasteiger partial charge in [-0.15, -0.1) is 0 Å². The Balaban J connectivity index is 1.90. The van der Waals surface area contributed by atoms with Crippen LogP contribution in [0.5, 0.6) is 5.75 Å². The maximum Gasteiger partial charge on any atom is 0.137 e. The van der Waals surface area contributed by atoms with Crippen molar-refractivity contribution in [1.82, 2.24) is 5.32 Å². The fraction of sp³-hybridized carbons (Fsp3) is 0.455. The normalized spacial score (nSPS) is 20.5. The van der Waals surface area contributed by atoms with E-state index in [2.05, 4.69) is 21.2 Å². The van der Waals surface area contributed by atoms with E-state index in [9.17, 15) is 4.39 Å². The maximum absolute atomic E-state index is 12.9. The summed E-state index contributed by atoms with van der Waals surface area (Å²) in [7, 11) is 0. The Hall–Kier alpha value is -0.610. The average Bonchev–Trinajstić information content (AvgIpc) is 2.73. The van der Waals surface area contributed by atoms with Crippen molar-refractivity contribution in [2.24, 2.45) is 0 Å². The van der Waals surface area contributed by atoms with E-state index >= 15 is 0 Å². The van der Waals surface area contributed by atoms with Crippen LogP contribution in [0.4, 0.5) is 4.39 Å². The number of halogens is 2. The molecule has 0 radical (unpaired) electrons. The topological polar surface area (TPSA) is 21.3 Å². The van der Waals surface area contributed by atoms with Gasteiger partial charge in [-0.3, -0.25) is 0 Å². The second-order valence-electron chi connectivity index (χ2n) is 3.68. The van der Waals surface area contributed by atoms with E-state index < -0.39 is 0 Å². The van der Waals surface area contributed by atoms with Crippen LogP contribution in [-0.2, 0) is 0 Å². The standard InChI is InChI=1S/C11H13BrFNO/c12-10-6-9(3-4-11(10)13)15-7-8-2-1-5-14-8/h3-4,6,8,14H,1-2,5,7H2. The minimum Gasteiger partial charge on any atom is -0.492 e. The summed E-state index contributed by atoms with van der Waals surface area (Å²) in [6.07, 6.45) is 2.36. The molecule has 1 aliphatic rings. The van der Waals surface area contributed by atoms with E-state index in [1.54, 1.807) is 12.1 Å². The highest BCUT2D eigenvalue weighted by atomic mass is 79.9. The molecule has 1 unspecified atom stereocenters. The fourth-order valence-electron chi connectivity index (χ4n) is 1.66. The van der Waals surface area contributed by atoms with E-state index in [1.807, 2.05) is 0 Å². The summed E-state index contributed by atoms with van der Waals surface area (Å²) in [6, 6.07) is 5.15. The number of nitrogens with one attached hydrogen (secondary N) is 1. The van der Waals surface area contributed by atoms with Crippen molar-refractivity contribution < 1.29 is 9.13 Å². The highest BCUT2D eigenvalue weighted by Crippen LogP contribution is 2.22. The molecule has 0 bridgehead atoms. The second kappa shape index (κ2) is 4.94. The van der Waals surface area contributed by atoms with Gasteiger partial charge < -0.3 is 10.1 Å². The number of rotatable bonds is 3. The van der Waals surface area contributed by atoms with Gasteiger partial charge in [0.15, 0.2) is 0 Å². The van der Waals surface area contributed by atoms with E-state index in [4.69, 9.17) is 4.74 Å². The molecule has 1 saturated heterocycles. The SMILES string of the molecule is Fc1ccc(OCC2CCCN2)cc1Br. The molecule has 2 rings (SSSR count). The Bertz CT molecular complexity index is 339. The predicted molar refractivity (Wildman–Crippen MR) is 60.6 cm³/mol. The number of ether oxygens (including phenoxy) is 1. The molecule has 4 heteroatoms. The molecule has 82 valence electrons. The first-order chi connectivity index (χ1) is 7.25. The van der Waals surface area contributed by atoms with Crippen LogP contribution in [-0.4, -0.2) is 19.2 Å². The van der Waals surface area contributed by atoms with Gasteiger partial charge in [0.2, 0.25) is 0 Å². The highest BCUT2D eigenvalue weighted by Gasteiger charge is 2.14. The first-order valence-electron chi connectivity index (χ1n) is 5.07. The minimum absolute atomic E-state index is 0.263. The molecule has 0 saturated carbocycles. The van der Waals surface area contributed by atoms with Crippen LogP contribution in [0, 0.1) is 5.82 Å². The molecule has 0 aliphatic carbocycles. The van der Waals surface area contributed by atoms with Crippen molar-refractivity contribution in [1.29, 1.82) is 0 Å². The molecule has 1 atom stereocenters. The van der Waals surface area contributed by atoms with Gasteiger partial charge in [0.1, 0.15) is 18.2 Å². The van der Waals surface area contributed by atoms with Crippen molar-refractivity contribution >= 4 is 15.9 Å². The summed E-state index contributed by atoms with van der Waals surface area (Å²) in [5, 5.41) is 3.34. The fourth-order valence-corrected chi connectivity index (χ4v) is 2.02. The lowest BCUT2D eigenvalue weighted by molar-refractivity contribution is 0.276. The monoisotopic (exact) mass is 273 g/mol. The van der Waals surface area contributed by atoms with E-state index in [0.29, 0.717) is 22.9 Å². The van der Waals surface area contributed by atoms with Crippen LogP contribution >= 0.6 is 15.9 Å². The molecule has 15 heavy (non-hydrogen) atoms. The third kappa shape index (κ3) is 2.92. The number of benzene rings is 1. The first-order valence-corrected chi connectivity index (χ1v) is 5.86. The van der Waals surface area contributed by atoms with Gasteiger partial charge in [0, 0.05) is 6.04 Å². The Morgan fingerprint density at radius 1 is 1.53 bits per heavy atom. The largest absolute Gasteiger partial charge is 0.492 e. The van der Waals surface area contributed by atoms with Crippen molar-refractivity contribution in [2.75, 3.05) is 13.2 Å². The summed E-state index contributed by atoms with van der Waals surface area (Å²) in [4.78, 5) is 0.